The van der Waals surface area contributed by atoms with Gasteiger partial charge in [-0.2, -0.15) is 0 Å². The third-order valence-electron chi connectivity index (χ3n) is 1.94. The lowest BCUT2D eigenvalue weighted by atomic mass is 10.1. The molecule has 6 nitrogen and oxygen atoms in total. The lowest BCUT2D eigenvalue weighted by Crippen LogP contribution is -2.04. The number of halogens is 1. The minimum Gasteiger partial charge on any atom is -0.481 e. The van der Waals surface area contributed by atoms with Crippen LogP contribution in [0.1, 0.15) is 11.1 Å². The summed E-state index contributed by atoms with van der Waals surface area (Å²) in [6.45, 7) is 0. The molecule has 0 radical (unpaired) electrons. The zero-order valence-electron chi connectivity index (χ0n) is 8.74. The fourth-order valence-electron chi connectivity index (χ4n) is 1.31. The Labute approximate surface area is 104 Å². The summed E-state index contributed by atoms with van der Waals surface area (Å²) in [4.78, 5) is 28.1. The number of anilines is 1. The van der Waals surface area contributed by atoms with Gasteiger partial charge in [-0.25, -0.2) is 0 Å². The van der Waals surface area contributed by atoms with Gasteiger partial charge in [0.05, 0.1) is 12.6 Å². The molecule has 1 aromatic rings. The van der Waals surface area contributed by atoms with Crippen molar-refractivity contribution in [3.8, 4) is 0 Å². The second-order valence-electron chi connectivity index (χ2n) is 3.43. The molecular weight excluding hydrogens is 269 g/mol. The molecule has 0 saturated carbocycles. The van der Waals surface area contributed by atoms with Gasteiger partial charge in [-0.15, -0.1) is 12.4 Å². The highest BCUT2D eigenvalue weighted by Gasteiger charge is 2.15. The zero-order chi connectivity index (χ0) is 12.3. The molecule has 0 saturated heterocycles. The molecule has 96 valence electrons. The van der Waals surface area contributed by atoms with Gasteiger partial charge in [-0.3, -0.25) is 9.36 Å². The van der Waals surface area contributed by atoms with Crippen LogP contribution in [0.2, 0.25) is 0 Å². The standard InChI is InChI=1S/C9H12NO5P.ClH/c10-8-2-1-6(5-16(13,14)15)3-7(8)4-9(11)12;/h1-3H,4-5,10H2,(H,11,12)(H2,13,14,15);1H. The molecule has 0 aromatic heterocycles. The van der Waals surface area contributed by atoms with Crippen LogP contribution in [0.5, 0.6) is 0 Å². The molecule has 0 amide bonds. The van der Waals surface area contributed by atoms with Gasteiger partial charge in [0.15, 0.2) is 0 Å². The Kier molecular flexibility index (Phi) is 5.64. The highest BCUT2D eigenvalue weighted by atomic mass is 35.5. The summed E-state index contributed by atoms with van der Waals surface area (Å²) in [7, 11) is -4.15. The van der Waals surface area contributed by atoms with Crippen molar-refractivity contribution >= 4 is 31.7 Å². The molecule has 17 heavy (non-hydrogen) atoms. The van der Waals surface area contributed by atoms with Crippen LogP contribution in [-0.4, -0.2) is 20.9 Å². The number of benzene rings is 1. The van der Waals surface area contributed by atoms with Crippen LogP contribution in [-0.2, 0) is 21.9 Å². The van der Waals surface area contributed by atoms with Gasteiger partial charge in [0.1, 0.15) is 0 Å². The fourth-order valence-corrected chi connectivity index (χ4v) is 1.98. The minimum atomic E-state index is -4.15. The predicted molar refractivity (Wildman–Crippen MR) is 65.2 cm³/mol. The molecular formula is C9H13ClNO5P. The molecule has 0 aliphatic heterocycles. The first kappa shape index (κ1) is 15.9. The van der Waals surface area contributed by atoms with Gasteiger partial charge >= 0.3 is 13.6 Å². The van der Waals surface area contributed by atoms with E-state index in [0.717, 1.165) is 0 Å². The Morgan fingerprint density at radius 3 is 2.41 bits per heavy atom. The summed E-state index contributed by atoms with van der Waals surface area (Å²) >= 11 is 0. The van der Waals surface area contributed by atoms with Gasteiger partial charge in [0, 0.05) is 5.69 Å². The number of rotatable bonds is 4. The van der Waals surface area contributed by atoms with E-state index in [-0.39, 0.29) is 18.8 Å². The summed E-state index contributed by atoms with van der Waals surface area (Å²) in [5.41, 5.74) is 6.58. The molecule has 0 fully saturated rings. The van der Waals surface area contributed by atoms with E-state index >= 15 is 0 Å². The van der Waals surface area contributed by atoms with Crippen molar-refractivity contribution < 1.29 is 24.3 Å². The van der Waals surface area contributed by atoms with E-state index in [1.54, 1.807) is 0 Å². The average Bonchev–Trinajstić information content (AvgIpc) is 2.07. The molecule has 5 N–H and O–H groups in total. The van der Waals surface area contributed by atoms with Crippen LogP contribution in [0.15, 0.2) is 18.2 Å². The maximum absolute atomic E-state index is 10.8. The maximum atomic E-state index is 10.8. The first-order chi connectivity index (χ1) is 7.28. The molecule has 1 rings (SSSR count). The van der Waals surface area contributed by atoms with Crippen molar-refractivity contribution in [3.05, 3.63) is 29.3 Å². The largest absolute Gasteiger partial charge is 0.481 e. The van der Waals surface area contributed by atoms with Gasteiger partial charge < -0.3 is 20.6 Å². The highest BCUT2D eigenvalue weighted by molar-refractivity contribution is 7.50. The van der Waals surface area contributed by atoms with Crippen molar-refractivity contribution in [3.63, 3.8) is 0 Å². The Morgan fingerprint density at radius 2 is 1.94 bits per heavy atom. The monoisotopic (exact) mass is 281 g/mol. The summed E-state index contributed by atoms with van der Waals surface area (Å²) in [6.07, 6.45) is -0.680. The Hall–Kier alpha value is -1.07. The number of hydrogen-bond donors (Lipinski definition) is 4. The van der Waals surface area contributed by atoms with Crippen LogP contribution in [0.4, 0.5) is 5.69 Å². The SMILES string of the molecule is Cl.Nc1ccc(CP(=O)(O)O)cc1CC(=O)O. The summed E-state index contributed by atoms with van der Waals surface area (Å²) in [6, 6.07) is 4.32. The average molecular weight is 282 g/mol. The lowest BCUT2D eigenvalue weighted by molar-refractivity contribution is -0.136. The Balaban J connectivity index is 0.00000256. The Bertz CT molecular complexity index is 459. The zero-order valence-corrected chi connectivity index (χ0v) is 10.4. The van der Waals surface area contributed by atoms with E-state index in [4.69, 9.17) is 20.6 Å². The molecule has 0 aliphatic carbocycles. The van der Waals surface area contributed by atoms with Crippen LogP contribution in [0.25, 0.3) is 0 Å². The Morgan fingerprint density at radius 1 is 1.35 bits per heavy atom. The van der Waals surface area contributed by atoms with E-state index in [1.807, 2.05) is 0 Å². The van der Waals surface area contributed by atoms with Crippen LogP contribution in [0, 0.1) is 0 Å². The van der Waals surface area contributed by atoms with Crippen LogP contribution >= 0.6 is 20.0 Å². The number of nitrogens with two attached hydrogens (primary N) is 1. The molecule has 0 unspecified atom stereocenters. The van der Waals surface area contributed by atoms with Crippen LogP contribution in [0.3, 0.4) is 0 Å². The van der Waals surface area contributed by atoms with E-state index in [9.17, 15) is 9.36 Å². The molecule has 0 heterocycles. The quantitative estimate of drug-likeness (QED) is 0.482. The van der Waals surface area contributed by atoms with Crippen molar-refractivity contribution in [1.82, 2.24) is 0 Å². The number of nitrogen functional groups attached to an aromatic ring is 1. The highest BCUT2D eigenvalue weighted by Crippen LogP contribution is 2.39. The van der Waals surface area contributed by atoms with Crippen molar-refractivity contribution in [2.75, 3.05) is 5.73 Å². The van der Waals surface area contributed by atoms with Crippen molar-refractivity contribution in [1.29, 1.82) is 0 Å². The number of carbonyl (C=O) groups is 1. The molecule has 0 aliphatic rings. The van der Waals surface area contributed by atoms with Gasteiger partial charge in [0.25, 0.3) is 0 Å². The van der Waals surface area contributed by atoms with E-state index in [0.29, 0.717) is 16.8 Å². The molecule has 8 heteroatoms. The second-order valence-corrected chi connectivity index (χ2v) is 5.07. The smallest absolute Gasteiger partial charge is 0.329 e. The normalized spacial score (nSPS) is 10.7. The first-order valence-corrected chi connectivity index (χ1v) is 6.21. The van der Waals surface area contributed by atoms with Crippen molar-refractivity contribution in [2.45, 2.75) is 12.6 Å². The molecule has 0 spiro atoms. The topological polar surface area (TPSA) is 121 Å². The summed E-state index contributed by atoms with van der Waals surface area (Å²) in [5.74, 6) is -1.04. The third kappa shape index (κ3) is 5.70. The van der Waals surface area contributed by atoms with E-state index in [2.05, 4.69) is 0 Å². The van der Waals surface area contributed by atoms with Crippen LogP contribution < -0.4 is 5.73 Å². The van der Waals surface area contributed by atoms with Gasteiger partial charge in [-0.05, 0) is 17.2 Å². The number of aliphatic carboxylic acids is 1. The summed E-state index contributed by atoms with van der Waals surface area (Å²) in [5, 5.41) is 8.61. The fraction of sp³-hybridized carbons (Fsp3) is 0.222. The molecule has 0 atom stereocenters. The van der Waals surface area contributed by atoms with E-state index in [1.165, 1.54) is 18.2 Å². The minimum absolute atomic E-state index is 0. The number of hydrogen-bond acceptors (Lipinski definition) is 3. The molecule has 0 bridgehead atoms. The third-order valence-corrected chi connectivity index (χ3v) is 2.71. The van der Waals surface area contributed by atoms with E-state index < -0.39 is 19.7 Å². The number of carboxylic acids is 1. The maximum Gasteiger partial charge on any atom is 0.329 e. The van der Waals surface area contributed by atoms with Gasteiger partial charge in [0.2, 0.25) is 0 Å². The second kappa shape index (κ2) is 6.02. The lowest BCUT2D eigenvalue weighted by Gasteiger charge is -2.08. The predicted octanol–water partition coefficient (Wildman–Crippen LogP) is 0.995. The van der Waals surface area contributed by atoms with Gasteiger partial charge in [-0.1, -0.05) is 12.1 Å². The molecule has 1 aromatic carbocycles. The number of carboxylic acid groups (broad SMARTS) is 1. The van der Waals surface area contributed by atoms with Crippen molar-refractivity contribution in [2.24, 2.45) is 0 Å². The summed E-state index contributed by atoms with van der Waals surface area (Å²) < 4.78 is 10.8. The first-order valence-electron chi connectivity index (χ1n) is 4.41.